The molecule has 0 radical (unpaired) electrons. The van der Waals surface area contributed by atoms with Gasteiger partial charge < -0.3 is 9.32 Å². The standard InChI is InChI=1S/C16H16N2OS/c1-3-14-15(18-8-7-17-16(18)20-14)11-5-4-6-13-12(11)9-10(2)19-13/h4-6,9H,3,7-8H2,1-2H3. The van der Waals surface area contributed by atoms with Crippen molar-refractivity contribution in [3.8, 4) is 0 Å². The first-order valence-corrected chi connectivity index (χ1v) is 7.82. The summed E-state index contributed by atoms with van der Waals surface area (Å²) >= 11 is 1.82. The summed E-state index contributed by atoms with van der Waals surface area (Å²) in [5.74, 6) is 0.965. The molecule has 1 aromatic carbocycles. The highest BCUT2D eigenvalue weighted by Gasteiger charge is 2.32. The minimum atomic E-state index is 0.906. The Kier molecular flexibility index (Phi) is 2.67. The number of furan rings is 1. The third kappa shape index (κ3) is 1.64. The Balaban J connectivity index is 1.95. The second-order valence-corrected chi connectivity index (χ2v) is 6.18. The zero-order valence-corrected chi connectivity index (χ0v) is 12.5. The fraction of sp³-hybridized carbons (Fsp3) is 0.312. The summed E-state index contributed by atoms with van der Waals surface area (Å²) in [4.78, 5) is 8.37. The topological polar surface area (TPSA) is 28.7 Å². The highest BCUT2D eigenvalue weighted by Crippen LogP contribution is 2.44. The fourth-order valence-electron chi connectivity index (χ4n) is 2.96. The van der Waals surface area contributed by atoms with Crippen molar-refractivity contribution in [3.05, 3.63) is 40.5 Å². The highest BCUT2D eigenvalue weighted by atomic mass is 32.2. The van der Waals surface area contributed by atoms with Crippen LogP contribution in [0, 0.1) is 6.92 Å². The Labute approximate surface area is 122 Å². The molecule has 0 aliphatic carbocycles. The van der Waals surface area contributed by atoms with Gasteiger partial charge in [-0.05, 0) is 25.5 Å². The van der Waals surface area contributed by atoms with Gasteiger partial charge in [-0.15, -0.1) is 0 Å². The van der Waals surface area contributed by atoms with Gasteiger partial charge in [0.1, 0.15) is 11.3 Å². The average molecular weight is 284 g/mol. The molecule has 0 amide bonds. The van der Waals surface area contributed by atoms with E-state index in [1.165, 1.54) is 21.6 Å². The third-order valence-electron chi connectivity index (χ3n) is 3.81. The Morgan fingerprint density at radius 3 is 3.15 bits per heavy atom. The largest absolute Gasteiger partial charge is 0.461 e. The van der Waals surface area contributed by atoms with Crippen LogP contribution in [-0.4, -0.2) is 23.2 Å². The van der Waals surface area contributed by atoms with E-state index in [1.54, 1.807) is 0 Å². The van der Waals surface area contributed by atoms with Crippen LogP contribution in [0.4, 0.5) is 0 Å². The number of aryl methyl sites for hydroxylation is 1. The number of thioether (sulfide) groups is 1. The fourth-order valence-corrected chi connectivity index (χ4v) is 4.09. The number of benzene rings is 1. The molecule has 4 heteroatoms. The van der Waals surface area contributed by atoms with Gasteiger partial charge in [-0.2, -0.15) is 0 Å². The van der Waals surface area contributed by atoms with Crippen molar-refractivity contribution in [1.82, 2.24) is 4.90 Å². The van der Waals surface area contributed by atoms with Gasteiger partial charge in [0.05, 0.1) is 12.2 Å². The third-order valence-corrected chi connectivity index (χ3v) is 5.07. The maximum atomic E-state index is 5.77. The number of nitrogens with zero attached hydrogens (tertiary/aromatic N) is 2. The highest BCUT2D eigenvalue weighted by molar-refractivity contribution is 8.17. The molecular weight excluding hydrogens is 268 g/mol. The summed E-state index contributed by atoms with van der Waals surface area (Å²) in [6, 6.07) is 8.46. The summed E-state index contributed by atoms with van der Waals surface area (Å²) in [7, 11) is 0. The van der Waals surface area contributed by atoms with Crippen molar-refractivity contribution in [2.24, 2.45) is 4.99 Å². The molecule has 20 heavy (non-hydrogen) atoms. The Morgan fingerprint density at radius 2 is 2.30 bits per heavy atom. The molecule has 0 saturated carbocycles. The van der Waals surface area contributed by atoms with Crippen LogP contribution in [0.2, 0.25) is 0 Å². The molecule has 1 aromatic heterocycles. The lowest BCUT2D eigenvalue weighted by Crippen LogP contribution is -2.20. The van der Waals surface area contributed by atoms with E-state index in [2.05, 4.69) is 35.0 Å². The van der Waals surface area contributed by atoms with Crippen molar-refractivity contribution in [1.29, 1.82) is 0 Å². The molecule has 3 heterocycles. The quantitative estimate of drug-likeness (QED) is 0.826. The van der Waals surface area contributed by atoms with Crippen molar-refractivity contribution >= 4 is 33.6 Å². The lowest BCUT2D eigenvalue weighted by atomic mass is 10.0. The van der Waals surface area contributed by atoms with Gasteiger partial charge in [0.25, 0.3) is 0 Å². The number of fused-ring (bicyclic) bond motifs is 2. The second-order valence-electron chi connectivity index (χ2n) is 5.12. The summed E-state index contributed by atoms with van der Waals surface area (Å²) in [5, 5.41) is 2.37. The molecule has 2 aromatic rings. The monoisotopic (exact) mass is 284 g/mol. The average Bonchev–Trinajstić information content (AvgIpc) is 3.09. The normalized spacial score (nSPS) is 18.1. The SMILES string of the molecule is CCC1=C(c2cccc3oc(C)cc23)N2CCN=C2S1. The zero-order valence-electron chi connectivity index (χ0n) is 11.6. The predicted molar refractivity (Wildman–Crippen MR) is 84.8 cm³/mol. The lowest BCUT2D eigenvalue weighted by Gasteiger charge is -2.17. The van der Waals surface area contributed by atoms with Gasteiger partial charge in [0.2, 0.25) is 0 Å². The molecule has 2 aliphatic heterocycles. The molecule has 2 aliphatic rings. The first-order valence-electron chi connectivity index (χ1n) is 7.00. The van der Waals surface area contributed by atoms with Crippen LogP contribution < -0.4 is 0 Å². The van der Waals surface area contributed by atoms with Crippen LogP contribution in [0.5, 0.6) is 0 Å². The van der Waals surface area contributed by atoms with Crippen LogP contribution in [0.25, 0.3) is 16.7 Å². The van der Waals surface area contributed by atoms with E-state index in [4.69, 9.17) is 4.42 Å². The molecule has 0 spiro atoms. The van der Waals surface area contributed by atoms with Gasteiger partial charge in [0, 0.05) is 22.4 Å². The minimum Gasteiger partial charge on any atom is -0.461 e. The first kappa shape index (κ1) is 12.1. The number of amidine groups is 1. The molecule has 0 bridgehead atoms. The minimum absolute atomic E-state index is 0.906. The molecule has 0 unspecified atom stereocenters. The summed E-state index contributed by atoms with van der Waals surface area (Å²) in [5.41, 5.74) is 3.58. The lowest BCUT2D eigenvalue weighted by molar-refractivity contribution is 0.578. The molecule has 102 valence electrons. The number of hydrogen-bond acceptors (Lipinski definition) is 4. The van der Waals surface area contributed by atoms with Gasteiger partial charge >= 0.3 is 0 Å². The van der Waals surface area contributed by atoms with Crippen LogP contribution in [0.3, 0.4) is 0 Å². The van der Waals surface area contributed by atoms with E-state index in [9.17, 15) is 0 Å². The summed E-state index contributed by atoms with van der Waals surface area (Å²) < 4.78 is 5.77. The molecule has 4 rings (SSSR count). The van der Waals surface area contributed by atoms with Gasteiger partial charge in [-0.25, -0.2) is 0 Å². The van der Waals surface area contributed by atoms with Gasteiger partial charge in [0.15, 0.2) is 5.17 Å². The summed E-state index contributed by atoms with van der Waals surface area (Å²) in [6.07, 6.45) is 1.04. The molecule has 0 fully saturated rings. The first-order chi connectivity index (χ1) is 9.78. The number of rotatable bonds is 2. The van der Waals surface area contributed by atoms with E-state index in [-0.39, 0.29) is 0 Å². The van der Waals surface area contributed by atoms with Crippen molar-refractivity contribution < 1.29 is 4.42 Å². The van der Waals surface area contributed by atoms with Crippen LogP contribution in [0.1, 0.15) is 24.7 Å². The van der Waals surface area contributed by atoms with Crippen LogP contribution >= 0.6 is 11.8 Å². The van der Waals surface area contributed by atoms with Gasteiger partial charge in [-0.1, -0.05) is 30.8 Å². The predicted octanol–water partition coefficient (Wildman–Crippen LogP) is 4.24. The number of allylic oxidation sites excluding steroid dienone is 1. The van der Waals surface area contributed by atoms with E-state index in [1.807, 2.05) is 24.8 Å². The molecule has 0 atom stereocenters. The Hall–Kier alpha value is -1.68. The van der Waals surface area contributed by atoms with Crippen LogP contribution in [-0.2, 0) is 0 Å². The van der Waals surface area contributed by atoms with Crippen molar-refractivity contribution in [2.75, 3.05) is 13.1 Å². The Morgan fingerprint density at radius 1 is 1.40 bits per heavy atom. The molecule has 0 saturated heterocycles. The van der Waals surface area contributed by atoms with E-state index in [0.29, 0.717) is 0 Å². The van der Waals surface area contributed by atoms with Gasteiger partial charge in [-0.3, -0.25) is 4.99 Å². The van der Waals surface area contributed by atoms with Crippen molar-refractivity contribution in [3.63, 3.8) is 0 Å². The number of hydrogen-bond donors (Lipinski definition) is 0. The maximum absolute atomic E-state index is 5.77. The second kappa shape index (κ2) is 4.42. The number of aliphatic imine (C=N–C) groups is 1. The Bertz CT molecular complexity index is 757. The smallest absolute Gasteiger partial charge is 0.168 e. The summed E-state index contributed by atoms with van der Waals surface area (Å²) in [6.45, 7) is 6.12. The maximum Gasteiger partial charge on any atom is 0.168 e. The molecule has 3 nitrogen and oxygen atoms in total. The van der Waals surface area contributed by atoms with E-state index in [0.717, 1.165) is 36.0 Å². The van der Waals surface area contributed by atoms with E-state index < -0.39 is 0 Å². The van der Waals surface area contributed by atoms with Crippen molar-refractivity contribution in [2.45, 2.75) is 20.3 Å². The zero-order chi connectivity index (χ0) is 13.7. The molecule has 0 N–H and O–H groups in total. The van der Waals surface area contributed by atoms with E-state index >= 15 is 0 Å². The van der Waals surface area contributed by atoms with Crippen LogP contribution in [0.15, 0.2) is 38.6 Å². The molecular formula is C16H16N2OS.